The van der Waals surface area contributed by atoms with Crippen molar-refractivity contribution < 1.29 is 32.5 Å². The average Bonchev–Trinajstić information content (AvgIpc) is 3.56. The van der Waals surface area contributed by atoms with E-state index >= 15 is 0 Å². The number of pyridine rings is 3. The Morgan fingerprint density at radius 3 is 2.49 bits per heavy atom. The number of alkyl halides is 3. The number of nitrogens with one attached hydrogen (secondary N) is 4. The zero-order valence-corrected chi connectivity index (χ0v) is 30.5. The molecule has 1 aromatic carbocycles. The Balaban J connectivity index is 1.27. The molecule has 0 radical (unpaired) electrons. The number of anilines is 1. The molecule has 0 unspecified atom stereocenters. The van der Waals surface area contributed by atoms with Gasteiger partial charge < -0.3 is 35.8 Å². The van der Waals surface area contributed by atoms with Crippen molar-refractivity contribution in [3.05, 3.63) is 81.5 Å². The van der Waals surface area contributed by atoms with Gasteiger partial charge in [-0.3, -0.25) is 9.78 Å². The van der Waals surface area contributed by atoms with Crippen LogP contribution in [-0.2, 0) is 30.5 Å². The minimum absolute atomic E-state index is 0.0406. The van der Waals surface area contributed by atoms with Crippen molar-refractivity contribution in [2.75, 3.05) is 32.6 Å². The van der Waals surface area contributed by atoms with Crippen molar-refractivity contribution in [3.8, 4) is 34.3 Å². The second-order valence-electron chi connectivity index (χ2n) is 13.3. The molecule has 2 aliphatic rings. The summed E-state index contributed by atoms with van der Waals surface area (Å²) in [5, 5.41) is 22.3. The summed E-state index contributed by atoms with van der Waals surface area (Å²) in [5.74, 6) is 0.252. The van der Waals surface area contributed by atoms with Gasteiger partial charge in [-0.15, -0.1) is 0 Å². The maximum Gasteiger partial charge on any atom is 0.419 e. The summed E-state index contributed by atoms with van der Waals surface area (Å²) < 4.78 is 54.3. The molecule has 5 N–H and O–H groups in total. The van der Waals surface area contributed by atoms with E-state index in [0.717, 1.165) is 34.7 Å². The first-order chi connectivity index (χ1) is 25.5. The van der Waals surface area contributed by atoms with E-state index in [1.54, 1.807) is 26.3 Å². The van der Waals surface area contributed by atoms with Crippen LogP contribution in [0.2, 0.25) is 5.02 Å². The van der Waals surface area contributed by atoms with Crippen LogP contribution in [0.4, 0.5) is 19.0 Å². The van der Waals surface area contributed by atoms with Crippen LogP contribution in [0.15, 0.2) is 48.7 Å². The van der Waals surface area contributed by atoms with Crippen LogP contribution in [0.1, 0.15) is 66.5 Å². The summed E-state index contributed by atoms with van der Waals surface area (Å²) in [6, 6.07) is 11.9. The van der Waals surface area contributed by atoms with E-state index in [-0.39, 0.29) is 42.3 Å². The Labute approximate surface area is 311 Å². The highest BCUT2D eigenvalue weighted by molar-refractivity contribution is 6.35. The maximum atomic E-state index is 14.4. The van der Waals surface area contributed by atoms with Gasteiger partial charge in [0, 0.05) is 67.1 Å². The van der Waals surface area contributed by atoms with Gasteiger partial charge in [-0.25, -0.2) is 4.98 Å². The van der Waals surface area contributed by atoms with Crippen LogP contribution >= 0.6 is 11.6 Å². The van der Waals surface area contributed by atoms with Gasteiger partial charge in [0.05, 0.1) is 48.3 Å². The molecular formula is C38H43ClF3N7O4. The van der Waals surface area contributed by atoms with Crippen LogP contribution < -0.4 is 30.7 Å². The normalized spacial score (nSPS) is 17.6. The first-order valence-corrected chi connectivity index (χ1v) is 18.0. The number of carbonyl (C=O) groups is 1. The zero-order chi connectivity index (χ0) is 37.7. The summed E-state index contributed by atoms with van der Waals surface area (Å²) >= 11 is 7.09. The topological polar surface area (TPSA) is 143 Å². The highest BCUT2D eigenvalue weighted by Gasteiger charge is 2.37. The van der Waals surface area contributed by atoms with Gasteiger partial charge >= 0.3 is 6.18 Å². The van der Waals surface area contributed by atoms with Crippen LogP contribution in [0, 0.1) is 0 Å². The van der Waals surface area contributed by atoms with E-state index in [9.17, 15) is 23.1 Å². The lowest BCUT2D eigenvalue weighted by Gasteiger charge is -2.30. The largest absolute Gasteiger partial charge is 0.481 e. The van der Waals surface area contributed by atoms with E-state index in [0.29, 0.717) is 66.6 Å². The Kier molecular flexibility index (Phi) is 12.0. The van der Waals surface area contributed by atoms with Gasteiger partial charge in [0.25, 0.3) is 0 Å². The van der Waals surface area contributed by atoms with Crippen molar-refractivity contribution in [1.29, 1.82) is 0 Å². The number of carbonyl (C=O) groups excluding carboxylic acids is 1. The molecule has 15 heteroatoms. The molecule has 1 fully saturated rings. The molecule has 6 rings (SSSR count). The predicted molar refractivity (Wildman–Crippen MR) is 196 cm³/mol. The number of ether oxygens (including phenoxy) is 2. The second-order valence-corrected chi connectivity index (χ2v) is 13.7. The monoisotopic (exact) mass is 753 g/mol. The van der Waals surface area contributed by atoms with E-state index in [4.69, 9.17) is 26.1 Å². The van der Waals surface area contributed by atoms with Crippen LogP contribution in [0.5, 0.6) is 11.8 Å². The molecule has 0 saturated carbocycles. The van der Waals surface area contributed by atoms with Crippen LogP contribution in [0.25, 0.3) is 22.5 Å². The SMILES string of the molecule is COc1nc(-c2ccnc(-c3cccc4c3CCC[C@H]4Nc3nc(OC)c(CNC[C@H](C)O)cc3C(F)(F)F)c2Cl)ccc1CNC[C@H]1CCC(=O)N1. The van der Waals surface area contributed by atoms with Gasteiger partial charge in [-0.05, 0) is 61.9 Å². The lowest BCUT2D eigenvalue weighted by Crippen LogP contribution is -2.35. The molecule has 282 valence electrons. The summed E-state index contributed by atoms with van der Waals surface area (Å²) in [4.78, 5) is 25.2. The number of aromatic nitrogens is 3. The van der Waals surface area contributed by atoms with Gasteiger partial charge in [0.1, 0.15) is 5.82 Å². The first kappa shape index (κ1) is 38.2. The van der Waals surface area contributed by atoms with E-state index < -0.39 is 23.9 Å². The van der Waals surface area contributed by atoms with E-state index in [1.807, 2.05) is 30.3 Å². The molecule has 53 heavy (non-hydrogen) atoms. The standard InChI is InChI=1S/C38H43ClF3N7O4/c1-21(50)17-43-19-23-16-29(38(40,41)42)35(49-37(23)53-3)47-30-9-5-6-25-26(30)7-4-8-27(25)34-33(39)28(14-15-45-34)31-12-10-22(36(48-31)52-2)18-44-20-24-11-13-32(51)46-24/h4,7-8,10,12,14-16,21,24,30,43-44,50H,5-6,9,11,13,17-20H2,1-3H3,(H,46,51)(H,47,49)/t21-,24+,30+/m0/s1. The maximum absolute atomic E-state index is 14.4. The van der Waals surface area contributed by atoms with Crippen LogP contribution in [0.3, 0.4) is 0 Å². The van der Waals surface area contributed by atoms with Crippen molar-refractivity contribution in [2.45, 2.75) is 76.5 Å². The quantitative estimate of drug-likeness (QED) is 0.101. The van der Waals surface area contributed by atoms with Gasteiger partial charge in [0.2, 0.25) is 17.7 Å². The molecular weight excluding hydrogens is 711 g/mol. The molecule has 3 atom stereocenters. The van der Waals surface area contributed by atoms with Crippen molar-refractivity contribution >= 4 is 23.3 Å². The summed E-state index contributed by atoms with van der Waals surface area (Å²) in [7, 11) is 2.92. The number of nitrogens with zero attached hydrogens (tertiary/aromatic N) is 3. The summed E-state index contributed by atoms with van der Waals surface area (Å²) in [5.41, 5.74) is 4.52. The molecule has 3 aromatic heterocycles. The van der Waals surface area contributed by atoms with Crippen molar-refractivity contribution in [3.63, 3.8) is 0 Å². The van der Waals surface area contributed by atoms with Gasteiger partial charge in [-0.1, -0.05) is 35.9 Å². The lowest BCUT2D eigenvalue weighted by atomic mass is 9.83. The summed E-state index contributed by atoms with van der Waals surface area (Å²) in [6.07, 6.45) is -0.373. The number of hydrogen-bond acceptors (Lipinski definition) is 10. The lowest BCUT2D eigenvalue weighted by molar-refractivity contribution is -0.137. The fourth-order valence-electron chi connectivity index (χ4n) is 6.94. The number of rotatable bonds is 14. The number of halogens is 4. The van der Waals surface area contributed by atoms with Crippen molar-refractivity contribution in [2.24, 2.45) is 0 Å². The molecule has 0 spiro atoms. The zero-order valence-electron chi connectivity index (χ0n) is 29.7. The molecule has 4 aromatic rings. The molecule has 4 heterocycles. The molecule has 1 amide bonds. The van der Waals surface area contributed by atoms with E-state index in [2.05, 4.69) is 31.2 Å². The molecule has 1 aliphatic heterocycles. The molecule has 11 nitrogen and oxygen atoms in total. The van der Waals surface area contributed by atoms with Gasteiger partial charge in [-0.2, -0.15) is 18.2 Å². The molecule has 1 aliphatic carbocycles. The minimum atomic E-state index is -4.68. The first-order valence-electron chi connectivity index (χ1n) is 17.6. The molecule has 0 bridgehead atoms. The number of fused-ring (bicyclic) bond motifs is 1. The summed E-state index contributed by atoms with van der Waals surface area (Å²) in [6.45, 7) is 2.96. The van der Waals surface area contributed by atoms with Crippen molar-refractivity contribution in [1.82, 2.24) is 30.9 Å². The second kappa shape index (κ2) is 16.7. The highest BCUT2D eigenvalue weighted by Crippen LogP contribution is 2.43. The number of benzene rings is 1. The fraction of sp³-hybridized carbons (Fsp3) is 0.421. The number of methoxy groups -OCH3 is 2. The third-order valence-corrected chi connectivity index (χ3v) is 9.86. The van der Waals surface area contributed by atoms with E-state index in [1.165, 1.54) is 7.11 Å². The number of hydrogen-bond donors (Lipinski definition) is 5. The average molecular weight is 754 g/mol. The Morgan fingerprint density at radius 2 is 1.77 bits per heavy atom. The Hall–Kier alpha value is -4.50. The highest BCUT2D eigenvalue weighted by atomic mass is 35.5. The van der Waals surface area contributed by atoms with Gasteiger partial charge in [0.15, 0.2) is 0 Å². The van der Waals surface area contributed by atoms with Crippen LogP contribution in [-0.4, -0.2) is 65.4 Å². The Morgan fingerprint density at radius 1 is 1.00 bits per heavy atom. The fourth-order valence-corrected chi connectivity index (χ4v) is 7.25. The third kappa shape index (κ3) is 8.84. The minimum Gasteiger partial charge on any atom is -0.481 e. The Bertz CT molecular complexity index is 1940. The number of aliphatic hydroxyl groups excluding tert-OH is 1. The predicted octanol–water partition coefficient (Wildman–Crippen LogP) is 6.22. The number of amides is 1. The number of aliphatic hydroxyl groups is 1. The smallest absolute Gasteiger partial charge is 0.419 e. The molecule has 1 saturated heterocycles. The third-order valence-electron chi connectivity index (χ3n) is 9.48.